The van der Waals surface area contributed by atoms with Crippen molar-refractivity contribution >= 4 is 33.4 Å². The second-order valence-corrected chi connectivity index (χ2v) is 6.01. The van der Waals surface area contributed by atoms with Gasteiger partial charge in [0.1, 0.15) is 0 Å². The summed E-state index contributed by atoms with van der Waals surface area (Å²) in [4.78, 5) is 14.4. The van der Waals surface area contributed by atoms with E-state index in [1.165, 1.54) is 0 Å². The van der Waals surface area contributed by atoms with Gasteiger partial charge in [-0.2, -0.15) is 0 Å². The van der Waals surface area contributed by atoms with E-state index in [9.17, 15) is 4.79 Å². The van der Waals surface area contributed by atoms with Gasteiger partial charge >= 0.3 is 0 Å². The SMILES string of the molecule is Cc1c(Br)cccc1C(=O)N1CC(C)OC(CCl)C1. The van der Waals surface area contributed by atoms with E-state index in [-0.39, 0.29) is 18.1 Å². The summed E-state index contributed by atoms with van der Waals surface area (Å²) in [6.45, 7) is 5.07. The predicted octanol–water partition coefficient (Wildman–Crippen LogP) is 3.23. The molecule has 1 fully saturated rings. The van der Waals surface area contributed by atoms with E-state index < -0.39 is 0 Å². The number of halogens is 2. The lowest BCUT2D eigenvalue weighted by atomic mass is 10.1. The Bertz CT molecular complexity index is 481. The number of nitrogens with zero attached hydrogens (tertiary/aromatic N) is 1. The van der Waals surface area contributed by atoms with Crippen molar-refractivity contribution in [3.63, 3.8) is 0 Å². The highest BCUT2D eigenvalue weighted by atomic mass is 79.9. The van der Waals surface area contributed by atoms with Gasteiger partial charge in [-0.05, 0) is 31.5 Å². The molecule has 0 aliphatic carbocycles. The van der Waals surface area contributed by atoms with Gasteiger partial charge in [0.25, 0.3) is 5.91 Å². The third-order valence-corrected chi connectivity index (χ3v) is 4.49. The van der Waals surface area contributed by atoms with Crippen LogP contribution in [-0.2, 0) is 4.74 Å². The van der Waals surface area contributed by atoms with Crippen LogP contribution in [0.4, 0.5) is 0 Å². The van der Waals surface area contributed by atoms with Gasteiger partial charge in [-0.15, -0.1) is 11.6 Å². The number of rotatable bonds is 2. The molecule has 104 valence electrons. The zero-order valence-electron chi connectivity index (χ0n) is 11.0. The van der Waals surface area contributed by atoms with Crippen molar-refractivity contribution in [2.45, 2.75) is 26.1 Å². The second-order valence-electron chi connectivity index (χ2n) is 4.85. The molecule has 0 aromatic heterocycles. The highest BCUT2D eigenvalue weighted by Gasteiger charge is 2.29. The molecule has 1 aromatic rings. The summed E-state index contributed by atoms with van der Waals surface area (Å²) in [6.07, 6.45) is -0.0595. The van der Waals surface area contributed by atoms with E-state index in [0.717, 1.165) is 15.6 Å². The van der Waals surface area contributed by atoms with Crippen molar-refractivity contribution in [3.8, 4) is 0 Å². The Hall–Kier alpha value is -0.580. The summed E-state index contributed by atoms with van der Waals surface area (Å²) in [5.41, 5.74) is 1.70. The summed E-state index contributed by atoms with van der Waals surface area (Å²) in [5, 5.41) is 0. The summed E-state index contributed by atoms with van der Waals surface area (Å²) < 4.78 is 6.62. The Labute approximate surface area is 127 Å². The second kappa shape index (κ2) is 6.25. The van der Waals surface area contributed by atoms with E-state index in [1.807, 2.05) is 36.9 Å². The molecule has 19 heavy (non-hydrogen) atoms. The molecule has 2 unspecified atom stereocenters. The Morgan fingerprint density at radius 1 is 1.53 bits per heavy atom. The largest absolute Gasteiger partial charge is 0.370 e. The summed E-state index contributed by atoms with van der Waals surface area (Å²) in [6, 6.07) is 5.68. The molecule has 0 N–H and O–H groups in total. The molecule has 1 amide bonds. The lowest BCUT2D eigenvalue weighted by molar-refractivity contribution is -0.0570. The molecule has 2 atom stereocenters. The van der Waals surface area contributed by atoms with Crippen LogP contribution < -0.4 is 0 Å². The van der Waals surface area contributed by atoms with Gasteiger partial charge in [0.15, 0.2) is 0 Å². The van der Waals surface area contributed by atoms with E-state index in [1.54, 1.807) is 0 Å². The Balaban J connectivity index is 2.21. The van der Waals surface area contributed by atoms with Crippen LogP contribution >= 0.6 is 27.5 Å². The first-order valence-corrected chi connectivity index (χ1v) is 7.61. The first-order valence-electron chi connectivity index (χ1n) is 6.28. The molecule has 0 bridgehead atoms. The van der Waals surface area contributed by atoms with Crippen LogP contribution in [0.1, 0.15) is 22.8 Å². The number of ether oxygens (including phenoxy) is 1. The molecule has 5 heteroatoms. The van der Waals surface area contributed by atoms with Gasteiger partial charge in [-0.1, -0.05) is 22.0 Å². The molecule has 1 aliphatic heterocycles. The van der Waals surface area contributed by atoms with E-state index in [2.05, 4.69) is 15.9 Å². The van der Waals surface area contributed by atoms with Gasteiger partial charge < -0.3 is 9.64 Å². The minimum atomic E-state index is -0.0816. The monoisotopic (exact) mass is 345 g/mol. The summed E-state index contributed by atoms with van der Waals surface area (Å²) >= 11 is 9.31. The number of alkyl halides is 1. The van der Waals surface area contributed by atoms with Crippen molar-refractivity contribution in [3.05, 3.63) is 33.8 Å². The van der Waals surface area contributed by atoms with Gasteiger partial charge in [0, 0.05) is 23.1 Å². The molecule has 1 aliphatic rings. The lowest BCUT2D eigenvalue weighted by Gasteiger charge is -2.36. The third kappa shape index (κ3) is 3.30. The molecule has 0 spiro atoms. The molecule has 1 saturated heterocycles. The zero-order valence-corrected chi connectivity index (χ0v) is 13.4. The van der Waals surface area contributed by atoms with Crippen molar-refractivity contribution in [2.24, 2.45) is 0 Å². The maximum atomic E-state index is 12.6. The normalized spacial score (nSPS) is 23.5. The van der Waals surface area contributed by atoms with Crippen LogP contribution in [0.3, 0.4) is 0 Å². The van der Waals surface area contributed by atoms with Gasteiger partial charge in [0.05, 0.1) is 18.1 Å². The fourth-order valence-electron chi connectivity index (χ4n) is 2.31. The molecule has 0 saturated carbocycles. The number of hydrogen-bond acceptors (Lipinski definition) is 2. The molecule has 2 rings (SSSR count). The number of amides is 1. The van der Waals surface area contributed by atoms with Gasteiger partial charge in [-0.3, -0.25) is 4.79 Å². The van der Waals surface area contributed by atoms with E-state index in [0.29, 0.717) is 19.0 Å². The number of carbonyl (C=O) groups excluding carboxylic acids is 1. The highest BCUT2D eigenvalue weighted by molar-refractivity contribution is 9.10. The van der Waals surface area contributed by atoms with Crippen LogP contribution in [0.25, 0.3) is 0 Å². The molecule has 1 heterocycles. The van der Waals surface area contributed by atoms with Crippen molar-refractivity contribution in [2.75, 3.05) is 19.0 Å². The predicted molar refractivity (Wildman–Crippen MR) is 79.8 cm³/mol. The summed E-state index contributed by atoms with van der Waals surface area (Å²) in [5.74, 6) is 0.454. The molecule has 3 nitrogen and oxygen atoms in total. The van der Waals surface area contributed by atoms with Crippen LogP contribution in [0.15, 0.2) is 22.7 Å². The fourth-order valence-corrected chi connectivity index (χ4v) is 2.84. The highest BCUT2D eigenvalue weighted by Crippen LogP contribution is 2.22. The van der Waals surface area contributed by atoms with Crippen molar-refractivity contribution < 1.29 is 9.53 Å². The Kier molecular flexibility index (Phi) is 4.87. The van der Waals surface area contributed by atoms with Crippen molar-refractivity contribution in [1.29, 1.82) is 0 Å². The van der Waals surface area contributed by atoms with Gasteiger partial charge in [-0.25, -0.2) is 0 Å². The summed E-state index contributed by atoms with van der Waals surface area (Å²) in [7, 11) is 0. The average Bonchev–Trinajstić information content (AvgIpc) is 2.40. The fraction of sp³-hybridized carbons (Fsp3) is 0.500. The topological polar surface area (TPSA) is 29.5 Å². The number of morpholine rings is 1. The minimum Gasteiger partial charge on any atom is -0.370 e. The number of benzene rings is 1. The maximum absolute atomic E-state index is 12.6. The van der Waals surface area contributed by atoms with Crippen molar-refractivity contribution in [1.82, 2.24) is 4.90 Å². The smallest absolute Gasteiger partial charge is 0.254 e. The Morgan fingerprint density at radius 3 is 2.95 bits per heavy atom. The van der Waals surface area contributed by atoms with Gasteiger partial charge in [0.2, 0.25) is 0 Å². The molecule has 0 radical (unpaired) electrons. The van der Waals surface area contributed by atoms with Crippen LogP contribution in [0, 0.1) is 6.92 Å². The number of hydrogen-bond donors (Lipinski definition) is 0. The average molecular weight is 347 g/mol. The molecular formula is C14H17BrClNO2. The Morgan fingerprint density at radius 2 is 2.26 bits per heavy atom. The van der Waals surface area contributed by atoms with Crippen LogP contribution in [0.2, 0.25) is 0 Å². The minimum absolute atomic E-state index is 0.0221. The molecule has 1 aromatic carbocycles. The van der Waals surface area contributed by atoms with E-state index >= 15 is 0 Å². The van der Waals surface area contributed by atoms with E-state index in [4.69, 9.17) is 16.3 Å². The van der Waals surface area contributed by atoms with Crippen LogP contribution in [-0.4, -0.2) is 42.0 Å². The standard InChI is InChI=1S/C14H17BrClNO2/c1-9-7-17(8-11(6-16)19-9)14(18)12-4-3-5-13(15)10(12)2/h3-5,9,11H,6-8H2,1-2H3. The van der Waals surface area contributed by atoms with Crippen LogP contribution in [0.5, 0.6) is 0 Å². The quantitative estimate of drug-likeness (QED) is 0.770. The first-order chi connectivity index (χ1) is 9.02. The third-order valence-electron chi connectivity index (χ3n) is 3.28. The maximum Gasteiger partial charge on any atom is 0.254 e. The number of carbonyl (C=O) groups is 1. The first kappa shape index (κ1) is 14.8. The zero-order chi connectivity index (χ0) is 14.0. The molecular weight excluding hydrogens is 330 g/mol. The lowest BCUT2D eigenvalue weighted by Crippen LogP contribution is -2.49.